The lowest BCUT2D eigenvalue weighted by atomic mass is 10.0. The summed E-state index contributed by atoms with van der Waals surface area (Å²) in [7, 11) is 0. The second-order valence-electron chi connectivity index (χ2n) is 7.50. The molecule has 0 unspecified atom stereocenters. The Morgan fingerprint density at radius 1 is 1.21 bits per heavy atom. The number of rotatable bonds is 5. The summed E-state index contributed by atoms with van der Waals surface area (Å²) in [4.78, 5) is 12.1. The molecular formula is C23H22N2O4. The van der Waals surface area contributed by atoms with Crippen molar-refractivity contribution in [2.75, 3.05) is 13.2 Å². The first-order chi connectivity index (χ1) is 14.0. The van der Waals surface area contributed by atoms with Crippen LogP contribution >= 0.6 is 0 Å². The highest BCUT2D eigenvalue weighted by atomic mass is 16.5. The minimum atomic E-state index is -0.215. The van der Waals surface area contributed by atoms with Crippen molar-refractivity contribution >= 4 is 16.9 Å². The van der Waals surface area contributed by atoms with E-state index >= 15 is 0 Å². The highest BCUT2D eigenvalue weighted by molar-refractivity contribution is 5.86. The number of hydrogen-bond acceptors (Lipinski definition) is 5. The molecule has 0 radical (unpaired) electrons. The zero-order valence-electron chi connectivity index (χ0n) is 16.5. The minimum Gasteiger partial charge on any atom is -0.483 e. The first-order valence-electron chi connectivity index (χ1n) is 9.51. The molecule has 6 nitrogen and oxygen atoms in total. The number of carbonyl (C=O) groups is 1. The van der Waals surface area contributed by atoms with Gasteiger partial charge in [0.2, 0.25) is 5.91 Å². The molecule has 3 aromatic rings. The second-order valence-corrected chi connectivity index (χ2v) is 7.50. The summed E-state index contributed by atoms with van der Waals surface area (Å²) in [6.45, 7) is 4.58. The number of amides is 1. The van der Waals surface area contributed by atoms with Gasteiger partial charge in [0.25, 0.3) is 0 Å². The maximum absolute atomic E-state index is 12.1. The Balaban J connectivity index is 1.25. The van der Waals surface area contributed by atoms with Gasteiger partial charge in [0, 0.05) is 17.4 Å². The summed E-state index contributed by atoms with van der Waals surface area (Å²) >= 11 is 0. The summed E-state index contributed by atoms with van der Waals surface area (Å²) in [6, 6.07) is 13.4. The molecule has 0 saturated carbocycles. The molecule has 2 aromatic carbocycles. The molecule has 2 heterocycles. The predicted octanol–water partition coefficient (Wildman–Crippen LogP) is 3.28. The van der Waals surface area contributed by atoms with Crippen LogP contribution in [-0.4, -0.2) is 29.8 Å². The normalized spacial score (nSPS) is 13.9. The second kappa shape index (κ2) is 7.88. The fourth-order valence-electron chi connectivity index (χ4n) is 3.35. The number of carbonyl (C=O) groups excluding carboxylic acids is 1. The van der Waals surface area contributed by atoms with E-state index in [0.717, 1.165) is 23.1 Å². The lowest BCUT2D eigenvalue weighted by molar-refractivity contribution is -0.120. The summed E-state index contributed by atoms with van der Waals surface area (Å²) in [5, 5.41) is 7.57. The highest BCUT2D eigenvalue weighted by Gasteiger charge is 2.32. The van der Waals surface area contributed by atoms with E-state index < -0.39 is 0 Å². The van der Waals surface area contributed by atoms with E-state index in [-0.39, 0.29) is 31.1 Å². The van der Waals surface area contributed by atoms with Crippen molar-refractivity contribution in [2.45, 2.75) is 32.3 Å². The number of para-hydroxylation sites is 2. The number of nitrogens with one attached hydrogen (secondary N) is 1. The summed E-state index contributed by atoms with van der Waals surface area (Å²) in [5.41, 5.74) is 2.22. The van der Waals surface area contributed by atoms with Crippen molar-refractivity contribution in [1.29, 1.82) is 0 Å². The van der Waals surface area contributed by atoms with Crippen LogP contribution in [0.15, 0.2) is 47.0 Å². The number of nitrogens with zero attached hydrogens (tertiary/aromatic N) is 1. The first kappa shape index (κ1) is 18.9. The van der Waals surface area contributed by atoms with Crippen molar-refractivity contribution < 1.29 is 18.8 Å². The molecule has 1 aliphatic heterocycles. The van der Waals surface area contributed by atoms with Gasteiger partial charge in [-0.2, -0.15) is 0 Å². The van der Waals surface area contributed by atoms with Crippen molar-refractivity contribution in [3.05, 3.63) is 53.7 Å². The van der Waals surface area contributed by atoms with E-state index in [0.29, 0.717) is 17.0 Å². The van der Waals surface area contributed by atoms with Gasteiger partial charge in [0.15, 0.2) is 17.1 Å². The van der Waals surface area contributed by atoms with E-state index in [1.807, 2.05) is 36.4 Å². The van der Waals surface area contributed by atoms with Gasteiger partial charge in [-0.25, -0.2) is 0 Å². The molecule has 0 spiro atoms. The fourth-order valence-corrected chi connectivity index (χ4v) is 3.35. The molecular weight excluding hydrogens is 368 g/mol. The van der Waals surface area contributed by atoms with E-state index in [1.54, 1.807) is 0 Å². The van der Waals surface area contributed by atoms with Gasteiger partial charge in [-0.3, -0.25) is 4.79 Å². The smallest absolute Gasteiger partial charge is 0.226 e. The summed E-state index contributed by atoms with van der Waals surface area (Å²) in [6.07, 6.45) is 1.01. The molecule has 0 atom stereocenters. The Morgan fingerprint density at radius 3 is 2.97 bits per heavy atom. The Morgan fingerprint density at radius 2 is 2.07 bits per heavy atom. The Kier molecular flexibility index (Phi) is 5.13. The van der Waals surface area contributed by atoms with Crippen molar-refractivity contribution in [3.63, 3.8) is 0 Å². The largest absolute Gasteiger partial charge is 0.483 e. The predicted molar refractivity (Wildman–Crippen MR) is 109 cm³/mol. The zero-order valence-corrected chi connectivity index (χ0v) is 16.5. The van der Waals surface area contributed by atoms with Gasteiger partial charge in [-0.1, -0.05) is 41.3 Å². The third-order valence-corrected chi connectivity index (χ3v) is 4.63. The van der Waals surface area contributed by atoms with E-state index in [9.17, 15) is 4.79 Å². The average molecular weight is 390 g/mol. The van der Waals surface area contributed by atoms with Crippen LogP contribution in [0.25, 0.3) is 11.0 Å². The molecule has 4 rings (SSSR count). The van der Waals surface area contributed by atoms with Crippen LogP contribution < -0.4 is 14.8 Å². The SMILES string of the molecule is CC1(C)Cc2cccc(OCC#CCNC(=O)Cc3noc4ccccc34)c2O1. The third kappa shape index (κ3) is 4.35. The number of ether oxygens (including phenoxy) is 2. The molecule has 6 heteroatoms. The van der Waals surface area contributed by atoms with Gasteiger partial charge in [-0.15, -0.1) is 0 Å². The third-order valence-electron chi connectivity index (χ3n) is 4.63. The number of hydrogen-bond donors (Lipinski definition) is 1. The fraction of sp³-hybridized carbons (Fsp3) is 0.304. The minimum absolute atomic E-state index is 0.151. The van der Waals surface area contributed by atoms with Gasteiger partial charge in [-0.05, 0) is 32.0 Å². The number of benzene rings is 2. The molecule has 148 valence electrons. The Bertz CT molecular complexity index is 1100. The van der Waals surface area contributed by atoms with Gasteiger partial charge in [0.05, 0.1) is 13.0 Å². The summed E-state index contributed by atoms with van der Waals surface area (Å²) in [5.74, 6) is 7.15. The van der Waals surface area contributed by atoms with E-state index in [4.69, 9.17) is 14.0 Å². The lowest BCUT2D eigenvalue weighted by Crippen LogP contribution is -2.25. The van der Waals surface area contributed by atoms with Gasteiger partial charge < -0.3 is 19.3 Å². The number of aromatic nitrogens is 1. The monoisotopic (exact) mass is 390 g/mol. The van der Waals surface area contributed by atoms with Crippen LogP contribution in [0.1, 0.15) is 25.1 Å². The number of fused-ring (bicyclic) bond motifs is 2. The topological polar surface area (TPSA) is 73.6 Å². The van der Waals surface area contributed by atoms with Crippen molar-refractivity contribution in [1.82, 2.24) is 10.5 Å². The Labute approximate surface area is 169 Å². The van der Waals surface area contributed by atoms with Crippen LogP contribution in [0, 0.1) is 11.8 Å². The zero-order chi connectivity index (χ0) is 20.3. The van der Waals surface area contributed by atoms with Gasteiger partial charge in [0.1, 0.15) is 17.9 Å². The van der Waals surface area contributed by atoms with Crippen LogP contribution in [-0.2, 0) is 17.6 Å². The molecule has 0 saturated heterocycles. The van der Waals surface area contributed by atoms with Crippen molar-refractivity contribution in [3.8, 4) is 23.3 Å². The van der Waals surface area contributed by atoms with Crippen LogP contribution in [0.4, 0.5) is 0 Å². The maximum atomic E-state index is 12.1. The lowest BCUT2D eigenvalue weighted by Gasteiger charge is -2.17. The standard InChI is InChI=1S/C23H22N2O4/c1-23(2)15-16-8-7-11-20(22(16)28-23)27-13-6-5-12-24-21(26)14-18-17-9-3-4-10-19(17)29-25-18/h3-4,7-11H,12-15H2,1-2H3,(H,24,26). The molecule has 0 bridgehead atoms. The van der Waals surface area contributed by atoms with Crippen LogP contribution in [0.2, 0.25) is 0 Å². The maximum Gasteiger partial charge on any atom is 0.226 e. The molecule has 1 aromatic heterocycles. The highest BCUT2D eigenvalue weighted by Crippen LogP contribution is 2.41. The van der Waals surface area contributed by atoms with Crippen LogP contribution in [0.3, 0.4) is 0 Å². The van der Waals surface area contributed by atoms with E-state index in [1.165, 1.54) is 0 Å². The molecule has 29 heavy (non-hydrogen) atoms. The molecule has 1 N–H and O–H groups in total. The van der Waals surface area contributed by atoms with Gasteiger partial charge >= 0.3 is 0 Å². The molecule has 0 aliphatic carbocycles. The molecule has 1 aliphatic rings. The van der Waals surface area contributed by atoms with E-state index in [2.05, 4.69) is 42.2 Å². The van der Waals surface area contributed by atoms with Crippen molar-refractivity contribution in [2.24, 2.45) is 0 Å². The van der Waals surface area contributed by atoms with Crippen LogP contribution in [0.5, 0.6) is 11.5 Å². The quantitative estimate of drug-likeness (QED) is 0.677. The summed E-state index contributed by atoms with van der Waals surface area (Å²) < 4.78 is 16.9. The average Bonchev–Trinajstić information content (AvgIpc) is 3.24. The molecule has 0 fully saturated rings. The Hall–Kier alpha value is -3.46. The molecule has 1 amide bonds. The first-order valence-corrected chi connectivity index (χ1v) is 9.51.